The number of piperidine rings is 1. The Kier molecular flexibility index (Phi) is 5.53. The molecule has 4 aromatic heterocycles. The molecule has 0 bridgehead atoms. The lowest BCUT2D eigenvalue weighted by Gasteiger charge is -2.22. The maximum absolute atomic E-state index is 13.3. The van der Waals surface area contributed by atoms with Gasteiger partial charge in [-0.2, -0.15) is 5.10 Å². The molecule has 0 aromatic carbocycles. The molecule has 1 aliphatic heterocycles. The van der Waals surface area contributed by atoms with Crippen LogP contribution in [0, 0.1) is 6.92 Å². The summed E-state index contributed by atoms with van der Waals surface area (Å²) in [7, 11) is 0. The van der Waals surface area contributed by atoms with Crippen LogP contribution in [0.2, 0.25) is 0 Å². The van der Waals surface area contributed by atoms with Crippen LogP contribution in [0.3, 0.4) is 0 Å². The molecule has 0 aliphatic carbocycles. The van der Waals surface area contributed by atoms with Crippen LogP contribution in [0.15, 0.2) is 35.5 Å². The number of nitrogens with one attached hydrogen (secondary N) is 1. The van der Waals surface area contributed by atoms with Crippen molar-refractivity contribution < 1.29 is 0 Å². The summed E-state index contributed by atoms with van der Waals surface area (Å²) in [6.07, 6.45) is 8.10. The summed E-state index contributed by atoms with van der Waals surface area (Å²) in [5.41, 5.74) is 5.06. The first-order chi connectivity index (χ1) is 14.1. The Labute approximate surface area is 179 Å². The second kappa shape index (κ2) is 8.12. The highest BCUT2D eigenvalue weighted by atomic mass is 35.5. The van der Waals surface area contributed by atoms with Crippen LogP contribution in [0.5, 0.6) is 0 Å². The minimum Gasteiger partial charge on any atom is -0.317 e. The monoisotopic (exact) mass is 425 g/mol. The number of imidazole rings is 1. The van der Waals surface area contributed by atoms with Gasteiger partial charge in [-0.15, -0.1) is 12.4 Å². The third-order valence-electron chi connectivity index (χ3n) is 5.62. The highest BCUT2D eigenvalue weighted by Crippen LogP contribution is 2.24. The average molecular weight is 426 g/mol. The molecule has 0 saturated carbocycles. The maximum Gasteiger partial charge on any atom is 0.261 e. The van der Waals surface area contributed by atoms with Gasteiger partial charge in [0.05, 0.1) is 23.8 Å². The van der Waals surface area contributed by atoms with Crippen molar-refractivity contribution in [3.8, 4) is 11.4 Å². The topological polar surface area (TPSA) is 89.5 Å². The Morgan fingerprint density at radius 1 is 1.13 bits per heavy atom. The van der Waals surface area contributed by atoms with E-state index in [1.807, 2.05) is 38.4 Å². The second-order valence-electron chi connectivity index (χ2n) is 7.57. The van der Waals surface area contributed by atoms with E-state index in [0.29, 0.717) is 34.9 Å². The summed E-state index contributed by atoms with van der Waals surface area (Å²) < 4.78 is 3.37. The van der Waals surface area contributed by atoms with Crippen molar-refractivity contribution >= 4 is 23.7 Å². The van der Waals surface area contributed by atoms with E-state index in [1.54, 1.807) is 15.1 Å². The Bertz CT molecular complexity index is 1270. The first kappa shape index (κ1) is 20.4. The van der Waals surface area contributed by atoms with Crippen molar-refractivity contribution in [2.24, 2.45) is 0 Å². The second-order valence-corrected chi connectivity index (χ2v) is 7.57. The van der Waals surface area contributed by atoms with Gasteiger partial charge in [-0.1, -0.05) is 6.92 Å². The third kappa shape index (κ3) is 3.46. The molecule has 1 aliphatic rings. The van der Waals surface area contributed by atoms with E-state index in [-0.39, 0.29) is 18.0 Å². The first-order valence-electron chi connectivity index (χ1n) is 10.1. The number of hydrogen-bond donors (Lipinski definition) is 1. The van der Waals surface area contributed by atoms with Crippen LogP contribution in [-0.2, 0) is 6.42 Å². The minimum absolute atomic E-state index is 0. The van der Waals surface area contributed by atoms with E-state index in [9.17, 15) is 4.79 Å². The minimum atomic E-state index is -0.0474. The van der Waals surface area contributed by atoms with Gasteiger partial charge in [0.25, 0.3) is 5.56 Å². The smallest absolute Gasteiger partial charge is 0.261 e. The number of fused-ring (bicyclic) bond motifs is 2. The van der Waals surface area contributed by atoms with E-state index in [2.05, 4.69) is 20.4 Å². The molecule has 0 amide bonds. The highest BCUT2D eigenvalue weighted by Gasteiger charge is 2.19. The van der Waals surface area contributed by atoms with Crippen LogP contribution in [0.1, 0.15) is 42.6 Å². The maximum atomic E-state index is 13.3. The van der Waals surface area contributed by atoms with Gasteiger partial charge >= 0.3 is 0 Å². The van der Waals surface area contributed by atoms with Crippen molar-refractivity contribution in [2.45, 2.75) is 39.0 Å². The van der Waals surface area contributed by atoms with E-state index >= 15 is 0 Å². The van der Waals surface area contributed by atoms with Gasteiger partial charge in [0.1, 0.15) is 11.4 Å². The first-order valence-corrected chi connectivity index (χ1v) is 10.1. The fraction of sp³-hybridized carbons (Fsp3) is 0.381. The summed E-state index contributed by atoms with van der Waals surface area (Å²) in [4.78, 5) is 27.1. The van der Waals surface area contributed by atoms with Crippen LogP contribution in [0.4, 0.5) is 0 Å². The van der Waals surface area contributed by atoms with Crippen molar-refractivity contribution in [1.29, 1.82) is 0 Å². The SMILES string of the molecule is CCc1c(-c2ccc3nc(C)cn3n2)nc2cnc(C3CCNCC3)cn2c1=O.Cl. The van der Waals surface area contributed by atoms with Crippen molar-refractivity contribution in [3.63, 3.8) is 0 Å². The van der Waals surface area contributed by atoms with Crippen LogP contribution in [0.25, 0.3) is 22.7 Å². The van der Waals surface area contributed by atoms with Crippen molar-refractivity contribution in [1.82, 2.24) is 34.3 Å². The fourth-order valence-corrected chi connectivity index (χ4v) is 4.09. The normalized spacial score (nSPS) is 14.9. The Balaban J connectivity index is 0.00000218. The molecule has 9 heteroatoms. The lowest BCUT2D eigenvalue weighted by molar-refractivity contribution is 0.452. The molecule has 5 rings (SSSR count). The summed E-state index contributed by atoms with van der Waals surface area (Å²) in [5.74, 6) is 0.380. The molecular formula is C21H24ClN7O. The number of aromatic nitrogens is 6. The zero-order valence-corrected chi connectivity index (χ0v) is 17.8. The Morgan fingerprint density at radius 3 is 2.70 bits per heavy atom. The van der Waals surface area contributed by atoms with Gasteiger partial charge in [-0.25, -0.2) is 14.5 Å². The molecule has 1 N–H and O–H groups in total. The van der Waals surface area contributed by atoms with E-state index in [4.69, 9.17) is 4.98 Å². The number of rotatable bonds is 3. The zero-order chi connectivity index (χ0) is 20.0. The Morgan fingerprint density at radius 2 is 1.93 bits per heavy atom. The highest BCUT2D eigenvalue weighted by molar-refractivity contribution is 5.85. The molecule has 4 aromatic rings. The molecule has 30 heavy (non-hydrogen) atoms. The number of halogens is 1. The third-order valence-corrected chi connectivity index (χ3v) is 5.62. The van der Waals surface area contributed by atoms with E-state index < -0.39 is 0 Å². The zero-order valence-electron chi connectivity index (χ0n) is 17.0. The standard InChI is InChI=1S/C21H23N7O.ClH/c1-3-15-20(16-4-5-18-24-13(2)11-28(18)26-16)25-19-10-23-17(12-27(19)21(15)29)14-6-8-22-9-7-14;/h4-5,10-12,14,22H,3,6-9H2,1-2H3;1H. The van der Waals surface area contributed by atoms with Gasteiger partial charge < -0.3 is 5.32 Å². The molecule has 8 nitrogen and oxygen atoms in total. The van der Waals surface area contributed by atoms with Gasteiger partial charge in [-0.05, 0) is 51.4 Å². The molecule has 0 radical (unpaired) electrons. The van der Waals surface area contributed by atoms with Crippen LogP contribution in [-0.4, -0.2) is 42.1 Å². The molecule has 0 spiro atoms. The molecule has 0 unspecified atom stereocenters. The Hall–Kier alpha value is -2.84. The predicted molar refractivity (Wildman–Crippen MR) is 117 cm³/mol. The fourth-order valence-electron chi connectivity index (χ4n) is 4.09. The van der Waals surface area contributed by atoms with Gasteiger partial charge in [0.2, 0.25) is 0 Å². The van der Waals surface area contributed by atoms with Gasteiger partial charge in [0, 0.05) is 17.7 Å². The molecule has 156 valence electrons. The summed E-state index contributed by atoms with van der Waals surface area (Å²) in [5, 5.41) is 8.00. The number of hydrogen-bond acceptors (Lipinski definition) is 6. The lowest BCUT2D eigenvalue weighted by Crippen LogP contribution is -2.28. The summed E-state index contributed by atoms with van der Waals surface area (Å²) in [6, 6.07) is 3.77. The molecule has 1 saturated heterocycles. The van der Waals surface area contributed by atoms with Crippen molar-refractivity contribution in [2.75, 3.05) is 13.1 Å². The summed E-state index contributed by atoms with van der Waals surface area (Å²) in [6.45, 7) is 5.87. The lowest BCUT2D eigenvalue weighted by atomic mass is 9.95. The largest absolute Gasteiger partial charge is 0.317 e. The van der Waals surface area contributed by atoms with E-state index in [0.717, 1.165) is 43.0 Å². The number of aryl methyl sites for hydroxylation is 1. The average Bonchev–Trinajstić information content (AvgIpc) is 3.13. The number of nitrogens with zero attached hydrogens (tertiary/aromatic N) is 6. The molecule has 5 heterocycles. The van der Waals surface area contributed by atoms with Gasteiger partial charge in [0.15, 0.2) is 11.3 Å². The van der Waals surface area contributed by atoms with Crippen LogP contribution < -0.4 is 10.9 Å². The quantitative estimate of drug-likeness (QED) is 0.542. The van der Waals surface area contributed by atoms with E-state index in [1.165, 1.54) is 0 Å². The predicted octanol–water partition coefficient (Wildman–Crippen LogP) is 2.56. The van der Waals surface area contributed by atoms with Crippen LogP contribution >= 0.6 is 12.4 Å². The molecule has 1 fully saturated rings. The van der Waals surface area contributed by atoms with Crippen molar-refractivity contribution in [3.05, 3.63) is 58.0 Å². The molecular weight excluding hydrogens is 402 g/mol. The molecule has 0 atom stereocenters. The van der Waals surface area contributed by atoms with Gasteiger partial charge in [-0.3, -0.25) is 14.2 Å². The summed E-state index contributed by atoms with van der Waals surface area (Å²) >= 11 is 0.